The standard InChI is InChI=1S/C20H18N4O2/c1-13-11-19(24-23-13)21-18-12-14-5-3-4-6-17(14)20(22-18)26-16-9-7-15(25-2)8-10-16/h3-12H,1-2H3,(H2,21,22,23,24). The molecule has 0 aliphatic heterocycles. The number of pyridine rings is 1. The fraction of sp³-hybridized carbons (Fsp3) is 0.100. The molecule has 4 aromatic rings. The van der Waals surface area contributed by atoms with Crippen molar-refractivity contribution >= 4 is 22.4 Å². The quantitative estimate of drug-likeness (QED) is 0.542. The predicted octanol–water partition coefficient (Wildman–Crippen LogP) is 4.81. The summed E-state index contributed by atoms with van der Waals surface area (Å²) in [5.41, 5.74) is 0.975. The van der Waals surface area contributed by atoms with E-state index >= 15 is 0 Å². The van der Waals surface area contributed by atoms with E-state index in [2.05, 4.69) is 20.5 Å². The Labute approximate surface area is 150 Å². The van der Waals surface area contributed by atoms with Crippen molar-refractivity contribution < 1.29 is 9.47 Å². The maximum Gasteiger partial charge on any atom is 0.229 e. The minimum atomic E-state index is 0.531. The molecule has 0 unspecified atom stereocenters. The third-order valence-electron chi connectivity index (χ3n) is 3.94. The molecule has 26 heavy (non-hydrogen) atoms. The minimum absolute atomic E-state index is 0.531. The van der Waals surface area contributed by atoms with Crippen molar-refractivity contribution in [3.05, 3.63) is 66.4 Å². The lowest BCUT2D eigenvalue weighted by Crippen LogP contribution is -1.97. The van der Waals surface area contributed by atoms with Gasteiger partial charge in [0.1, 0.15) is 17.3 Å². The Kier molecular flexibility index (Phi) is 4.15. The number of hydrogen-bond donors (Lipinski definition) is 2. The number of anilines is 2. The number of nitrogens with one attached hydrogen (secondary N) is 2. The van der Waals surface area contributed by atoms with Gasteiger partial charge in [0.15, 0.2) is 5.82 Å². The van der Waals surface area contributed by atoms with Gasteiger partial charge in [0.25, 0.3) is 0 Å². The Hall–Kier alpha value is -3.54. The van der Waals surface area contributed by atoms with E-state index in [9.17, 15) is 0 Å². The molecule has 2 aromatic heterocycles. The number of ether oxygens (including phenoxy) is 2. The Balaban J connectivity index is 1.71. The van der Waals surface area contributed by atoms with Gasteiger partial charge in [-0.3, -0.25) is 5.10 Å². The number of H-pyrrole nitrogens is 1. The van der Waals surface area contributed by atoms with Gasteiger partial charge in [-0.05, 0) is 48.7 Å². The van der Waals surface area contributed by atoms with E-state index < -0.39 is 0 Å². The van der Waals surface area contributed by atoms with E-state index in [-0.39, 0.29) is 0 Å². The molecule has 2 aromatic carbocycles. The van der Waals surface area contributed by atoms with Gasteiger partial charge >= 0.3 is 0 Å². The van der Waals surface area contributed by atoms with E-state index in [1.54, 1.807) is 7.11 Å². The Morgan fingerprint density at radius 1 is 0.923 bits per heavy atom. The van der Waals surface area contributed by atoms with Crippen LogP contribution in [0.1, 0.15) is 5.69 Å². The summed E-state index contributed by atoms with van der Waals surface area (Å²) in [5, 5.41) is 12.3. The number of aromatic amines is 1. The lowest BCUT2D eigenvalue weighted by molar-refractivity contribution is 0.412. The second kappa shape index (κ2) is 6.76. The second-order valence-electron chi connectivity index (χ2n) is 5.87. The number of nitrogens with zero attached hydrogens (tertiary/aromatic N) is 2. The highest BCUT2D eigenvalue weighted by Gasteiger charge is 2.10. The van der Waals surface area contributed by atoms with Gasteiger partial charge in [0.05, 0.1) is 7.11 Å². The van der Waals surface area contributed by atoms with Crippen LogP contribution < -0.4 is 14.8 Å². The van der Waals surface area contributed by atoms with E-state index in [0.29, 0.717) is 23.3 Å². The molecular formula is C20H18N4O2. The fourth-order valence-electron chi connectivity index (χ4n) is 2.68. The molecule has 0 saturated heterocycles. The van der Waals surface area contributed by atoms with Crippen LogP contribution >= 0.6 is 0 Å². The summed E-state index contributed by atoms with van der Waals surface area (Å²) >= 11 is 0. The first-order chi connectivity index (χ1) is 12.7. The number of aryl methyl sites for hydroxylation is 1. The molecule has 0 spiro atoms. The highest BCUT2D eigenvalue weighted by atomic mass is 16.5. The van der Waals surface area contributed by atoms with E-state index in [1.807, 2.05) is 67.6 Å². The number of benzene rings is 2. The molecule has 2 N–H and O–H groups in total. The van der Waals surface area contributed by atoms with Gasteiger partial charge in [0.2, 0.25) is 5.88 Å². The van der Waals surface area contributed by atoms with Crippen LogP contribution in [-0.2, 0) is 0 Å². The minimum Gasteiger partial charge on any atom is -0.497 e. The van der Waals surface area contributed by atoms with E-state index in [0.717, 1.165) is 22.2 Å². The maximum atomic E-state index is 6.04. The molecule has 0 saturated carbocycles. The summed E-state index contributed by atoms with van der Waals surface area (Å²) in [6, 6.07) is 19.3. The van der Waals surface area contributed by atoms with Crippen LogP contribution in [0, 0.1) is 6.92 Å². The summed E-state index contributed by atoms with van der Waals surface area (Å²) in [4.78, 5) is 4.62. The summed E-state index contributed by atoms with van der Waals surface area (Å²) in [6.45, 7) is 1.95. The predicted molar refractivity (Wildman–Crippen MR) is 101 cm³/mol. The molecule has 130 valence electrons. The third kappa shape index (κ3) is 3.30. The number of hydrogen-bond acceptors (Lipinski definition) is 5. The summed E-state index contributed by atoms with van der Waals surface area (Å²) in [6.07, 6.45) is 0. The van der Waals surface area contributed by atoms with Gasteiger partial charge in [-0.1, -0.05) is 18.2 Å². The van der Waals surface area contributed by atoms with Crippen molar-refractivity contribution in [2.45, 2.75) is 6.92 Å². The van der Waals surface area contributed by atoms with Gasteiger partial charge in [0, 0.05) is 17.1 Å². The smallest absolute Gasteiger partial charge is 0.229 e. The summed E-state index contributed by atoms with van der Waals surface area (Å²) < 4.78 is 11.2. The van der Waals surface area contributed by atoms with Crippen LogP contribution in [0.2, 0.25) is 0 Å². The van der Waals surface area contributed by atoms with E-state index in [4.69, 9.17) is 9.47 Å². The van der Waals surface area contributed by atoms with Gasteiger partial charge in [-0.2, -0.15) is 10.1 Å². The monoisotopic (exact) mass is 346 g/mol. The highest BCUT2D eigenvalue weighted by molar-refractivity contribution is 5.89. The molecular weight excluding hydrogens is 328 g/mol. The number of methoxy groups -OCH3 is 1. The summed E-state index contributed by atoms with van der Waals surface area (Å²) in [5.74, 6) is 3.37. The molecule has 2 heterocycles. The number of aromatic nitrogens is 3. The lowest BCUT2D eigenvalue weighted by Gasteiger charge is -2.11. The van der Waals surface area contributed by atoms with Crippen molar-refractivity contribution in [3.8, 4) is 17.4 Å². The van der Waals surface area contributed by atoms with Crippen molar-refractivity contribution in [3.63, 3.8) is 0 Å². The van der Waals surface area contributed by atoms with Crippen LogP contribution in [0.25, 0.3) is 10.8 Å². The zero-order valence-electron chi connectivity index (χ0n) is 14.5. The van der Waals surface area contributed by atoms with Crippen LogP contribution in [0.15, 0.2) is 60.7 Å². The molecule has 0 bridgehead atoms. The lowest BCUT2D eigenvalue weighted by atomic mass is 10.1. The van der Waals surface area contributed by atoms with Gasteiger partial charge < -0.3 is 14.8 Å². The zero-order chi connectivity index (χ0) is 17.9. The molecule has 0 atom stereocenters. The fourth-order valence-corrected chi connectivity index (χ4v) is 2.68. The van der Waals surface area contributed by atoms with Gasteiger partial charge in [-0.25, -0.2) is 0 Å². The highest BCUT2D eigenvalue weighted by Crippen LogP contribution is 2.31. The third-order valence-corrected chi connectivity index (χ3v) is 3.94. The Morgan fingerprint density at radius 2 is 1.69 bits per heavy atom. The molecule has 6 heteroatoms. The molecule has 0 aliphatic rings. The Morgan fingerprint density at radius 3 is 2.42 bits per heavy atom. The molecule has 0 radical (unpaired) electrons. The van der Waals surface area contributed by atoms with Gasteiger partial charge in [-0.15, -0.1) is 0 Å². The molecule has 0 fully saturated rings. The van der Waals surface area contributed by atoms with Crippen LogP contribution in [-0.4, -0.2) is 22.3 Å². The summed E-state index contributed by atoms with van der Waals surface area (Å²) in [7, 11) is 1.64. The average molecular weight is 346 g/mol. The van der Waals surface area contributed by atoms with Crippen LogP contribution in [0.5, 0.6) is 17.4 Å². The first-order valence-electron chi connectivity index (χ1n) is 8.22. The topological polar surface area (TPSA) is 72.1 Å². The van der Waals surface area contributed by atoms with Crippen molar-refractivity contribution in [2.75, 3.05) is 12.4 Å². The maximum absolute atomic E-state index is 6.04. The van der Waals surface area contributed by atoms with Crippen molar-refractivity contribution in [1.82, 2.24) is 15.2 Å². The largest absolute Gasteiger partial charge is 0.497 e. The number of rotatable bonds is 5. The van der Waals surface area contributed by atoms with Crippen molar-refractivity contribution in [1.29, 1.82) is 0 Å². The first kappa shape index (κ1) is 16.0. The van der Waals surface area contributed by atoms with Crippen LogP contribution in [0.3, 0.4) is 0 Å². The molecule has 0 amide bonds. The van der Waals surface area contributed by atoms with Crippen LogP contribution in [0.4, 0.5) is 11.6 Å². The molecule has 4 rings (SSSR count). The first-order valence-corrected chi connectivity index (χ1v) is 8.22. The molecule has 0 aliphatic carbocycles. The SMILES string of the molecule is COc1ccc(Oc2nc(Nc3cc(C)[nH]n3)cc3ccccc23)cc1. The van der Waals surface area contributed by atoms with E-state index in [1.165, 1.54) is 0 Å². The van der Waals surface area contributed by atoms with Crippen molar-refractivity contribution in [2.24, 2.45) is 0 Å². The zero-order valence-corrected chi connectivity index (χ0v) is 14.5. The normalized spacial score (nSPS) is 10.7. The average Bonchev–Trinajstić information content (AvgIpc) is 3.07. The Bertz CT molecular complexity index is 1040. The molecule has 6 nitrogen and oxygen atoms in total. The number of fused-ring (bicyclic) bond motifs is 1. The second-order valence-corrected chi connectivity index (χ2v) is 5.87.